The maximum Gasteiger partial charge on any atom is 0.355 e. The Morgan fingerprint density at radius 3 is 2.43 bits per heavy atom. The molecule has 2 N–H and O–H groups in total. The Bertz CT molecular complexity index is 884. The summed E-state index contributed by atoms with van der Waals surface area (Å²) in [6.45, 7) is 5.26. The smallest absolute Gasteiger partial charge is 0.355 e. The molecule has 0 bridgehead atoms. The summed E-state index contributed by atoms with van der Waals surface area (Å²) in [5.74, 6) is -1.55. The number of aryl methyl sites for hydroxylation is 1. The van der Waals surface area contributed by atoms with Crippen molar-refractivity contribution in [3.8, 4) is 0 Å². The molecule has 0 unspecified atom stereocenters. The van der Waals surface area contributed by atoms with Crippen LogP contribution >= 0.6 is 0 Å². The monoisotopic (exact) mass is 384 g/mol. The number of aromatic amines is 1. The molecule has 1 fully saturated rings. The Balaban J connectivity index is 1.86. The number of H-pyrrole nitrogens is 1. The summed E-state index contributed by atoms with van der Waals surface area (Å²) in [7, 11) is 0. The topological polar surface area (TPSA) is 97.5 Å². The van der Waals surface area contributed by atoms with Crippen LogP contribution in [0.25, 0.3) is 0 Å². The fraction of sp³-hybridized carbons (Fsp3) is 0.381. The molecule has 0 radical (unpaired) electrons. The molecule has 2 aromatic rings. The fourth-order valence-electron chi connectivity index (χ4n) is 3.03. The maximum absolute atomic E-state index is 12.9. The van der Waals surface area contributed by atoms with E-state index in [9.17, 15) is 14.4 Å². The SMILES string of the molecule is CCOC(=O)c1[nH]c(C)c(C(=O)O[C@H](C(=O)NC2CC2)c2ccccc2)c1C. The van der Waals surface area contributed by atoms with E-state index in [0.29, 0.717) is 16.8 Å². The van der Waals surface area contributed by atoms with Crippen LogP contribution in [0.15, 0.2) is 30.3 Å². The van der Waals surface area contributed by atoms with Gasteiger partial charge in [0.25, 0.3) is 5.91 Å². The van der Waals surface area contributed by atoms with Crippen LogP contribution in [0, 0.1) is 13.8 Å². The first kappa shape index (κ1) is 19.7. The van der Waals surface area contributed by atoms with Gasteiger partial charge in [-0.3, -0.25) is 4.79 Å². The number of amides is 1. The third-order valence-corrected chi connectivity index (χ3v) is 4.61. The molecule has 1 heterocycles. The van der Waals surface area contributed by atoms with E-state index in [2.05, 4.69) is 10.3 Å². The van der Waals surface area contributed by atoms with E-state index >= 15 is 0 Å². The first-order valence-corrected chi connectivity index (χ1v) is 9.35. The minimum Gasteiger partial charge on any atom is -0.461 e. The molecule has 1 aliphatic rings. The van der Waals surface area contributed by atoms with Crippen LogP contribution in [0.3, 0.4) is 0 Å². The Morgan fingerprint density at radius 2 is 1.82 bits per heavy atom. The molecule has 0 spiro atoms. The second-order valence-electron chi connectivity index (χ2n) is 6.82. The minimum absolute atomic E-state index is 0.142. The van der Waals surface area contributed by atoms with Gasteiger partial charge < -0.3 is 19.8 Å². The molecular weight excluding hydrogens is 360 g/mol. The standard InChI is InChI=1S/C21H24N2O5/c1-4-27-21(26)17-12(2)16(13(3)22-17)20(25)28-18(14-8-6-5-7-9-14)19(24)23-15-10-11-15/h5-9,15,18,22H,4,10-11H2,1-3H3,(H,23,24)/t18-/m0/s1. The zero-order chi connectivity index (χ0) is 20.3. The van der Waals surface area contributed by atoms with Crippen LogP contribution in [0.5, 0.6) is 0 Å². The van der Waals surface area contributed by atoms with Crippen molar-refractivity contribution in [3.63, 3.8) is 0 Å². The van der Waals surface area contributed by atoms with Crippen molar-refractivity contribution in [3.05, 3.63) is 58.4 Å². The molecule has 0 aliphatic heterocycles. The Labute approximate surface area is 163 Å². The summed E-state index contributed by atoms with van der Waals surface area (Å²) >= 11 is 0. The predicted octanol–water partition coefficient (Wildman–Crippen LogP) is 2.98. The fourth-order valence-corrected chi connectivity index (χ4v) is 3.03. The number of aromatic nitrogens is 1. The molecule has 1 aromatic heterocycles. The largest absolute Gasteiger partial charge is 0.461 e. The first-order valence-electron chi connectivity index (χ1n) is 9.35. The number of hydrogen-bond donors (Lipinski definition) is 2. The van der Waals surface area contributed by atoms with Gasteiger partial charge in [0.05, 0.1) is 12.2 Å². The van der Waals surface area contributed by atoms with Crippen molar-refractivity contribution in [1.29, 1.82) is 0 Å². The molecule has 7 heteroatoms. The van der Waals surface area contributed by atoms with E-state index in [4.69, 9.17) is 9.47 Å². The van der Waals surface area contributed by atoms with Crippen molar-refractivity contribution in [2.24, 2.45) is 0 Å². The summed E-state index contributed by atoms with van der Waals surface area (Å²) in [5, 5.41) is 2.88. The number of carbonyl (C=O) groups is 3. The Morgan fingerprint density at radius 1 is 1.14 bits per heavy atom. The second kappa shape index (κ2) is 8.29. The third-order valence-electron chi connectivity index (χ3n) is 4.61. The molecule has 1 atom stereocenters. The molecular formula is C21H24N2O5. The quantitative estimate of drug-likeness (QED) is 0.715. The average molecular weight is 384 g/mol. The normalized spacial score (nSPS) is 14.2. The average Bonchev–Trinajstić information content (AvgIpc) is 3.43. The maximum atomic E-state index is 12.9. The van der Waals surface area contributed by atoms with Crippen LogP contribution in [0.2, 0.25) is 0 Å². The molecule has 7 nitrogen and oxygen atoms in total. The summed E-state index contributed by atoms with van der Waals surface area (Å²) in [4.78, 5) is 40.5. The first-order chi connectivity index (χ1) is 13.4. The van der Waals surface area contributed by atoms with Crippen molar-refractivity contribution >= 4 is 17.8 Å². The highest BCUT2D eigenvalue weighted by Crippen LogP contribution is 2.26. The lowest BCUT2D eigenvalue weighted by molar-refractivity contribution is -0.130. The number of nitrogens with one attached hydrogen (secondary N) is 2. The molecule has 148 valence electrons. The van der Waals surface area contributed by atoms with Gasteiger partial charge in [0.2, 0.25) is 6.10 Å². The molecule has 3 rings (SSSR count). The van der Waals surface area contributed by atoms with Gasteiger partial charge in [0, 0.05) is 17.3 Å². The molecule has 1 saturated carbocycles. The number of carbonyl (C=O) groups excluding carboxylic acids is 3. The number of esters is 2. The van der Waals surface area contributed by atoms with Gasteiger partial charge in [0.15, 0.2) is 0 Å². The Kier molecular flexibility index (Phi) is 5.82. The lowest BCUT2D eigenvalue weighted by Gasteiger charge is -2.18. The van der Waals surface area contributed by atoms with Gasteiger partial charge in [-0.25, -0.2) is 9.59 Å². The highest BCUT2D eigenvalue weighted by molar-refractivity contribution is 5.99. The zero-order valence-corrected chi connectivity index (χ0v) is 16.2. The van der Waals surface area contributed by atoms with E-state index in [1.165, 1.54) is 0 Å². The van der Waals surface area contributed by atoms with Gasteiger partial charge in [-0.2, -0.15) is 0 Å². The summed E-state index contributed by atoms with van der Waals surface area (Å²) in [5.41, 5.74) is 1.97. The van der Waals surface area contributed by atoms with Crippen molar-refractivity contribution in [2.45, 2.75) is 45.8 Å². The predicted molar refractivity (Wildman–Crippen MR) is 102 cm³/mol. The van der Waals surface area contributed by atoms with Gasteiger partial charge in [-0.15, -0.1) is 0 Å². The van der Waals surface area contributed by atoms with Crippen LogP contribution in [-0.4, -0.2) is 35.5 Å². The second-order valence-corrected chi connectivity index (χ2v) is 6.82. The van der Waals surface area contributed by atoms with Gasteiger partial charge in [0.1, 0.15) is 5.69 Å². The molecule has 28 heavy (non-hydrogen) atoms. The molecule has 0 saturated heterocycles. The van der Waals surface area contributed by atoms with Crippen LogP contribution < -0.4 is 5.32 Å². The molecule has 1 amide bonds. The molecule has 1 aliphatic carbocycles. The van der Waals surface area contributed by atoms with Crippen LogP contribution in [0.4, 0.5) is 0 Å². The highest BCUT2D eigenvalue weighted by atomic mass is 16.5. The van der Waals surface area contributed by atoms with Gasteiger partial charge in [-0.1, -0.05) is 30.3 Å². The van der Waals surface area contributed by atoms with E-state index in [1.807, 2.05) is 6.07 Å². The Hall–Kier alpha value is -3.09. The number of benzene rings is 1. The van der Waals surface area contributed by atoms with Crippen LogP contribution in [0.1, 0.15) is 63.5 Å². The van der Waals surface area contributed by atoms with E-state index < -0.39 is 18.0 Å². The lowest BCUT2D eigenvalue weighted by atomic mass is 10.1. The zero-order valence-electron chi connectivity index (χ0n) is 16.2. The van der Waals surface area contributed by atoms with E-state index in [1.54, 1.807) is 45.0 Å². The summed E-state index contributed by atoms with van der Waals surface area (Å²) in [6, 6.07) is 9.02. The van der Waals surface area contributed by atoms with Crippen molar-refractivity contribution in [1.82, 2.24) is 10.3 Å². The van der Waals surface area contributed by atoms with Crippen molar-refractivity contribution in [2.75, 3.05) is 6.61 Å². The van der Waals surface area contributed by atoms with Gasteiger partial charge in [-0.05, 0) is 39.2 Å². The lowest BCUT2D eigenvalue weighted by Crippen LogP contribution is -2.33. The molecule has 1 aromatic carbocycles. The highest BCUT2D eigenvalue weighted by Gasteiger charge is 2.32. The summed E-state index contributed by atoms with van der Waals surface area (Å²) < 4.78 is 10.6. The number of hydrogen-bond acceptors (Lipinski definition) is 5. The van der Waals surface area contributed by atoms with E-state index in [0.717, 1.165) is 12.8 Å². The van der Waals surface area contributed by atoms with Gasteiger partial charge >= 0.3 is 11.9 Å². The number of ether oxygens (including phenoxy) is 2. The minimum atomic E-state index is -1.06. The summed E-state index contributed by atoms with van der Waals surface area (Å²) in [6.07, 6.45) is 0.800. The van der Waals surface area contributed by atoms with Crippen LogP contribution in [-0.2, 0) is 14.3 Å². The van der Waals surface area contributed by atoms with Crippen molar-refractivity contribution < 1.29 is 23.9 Å². The number of rotatable bonds is 7. The third kappa shape index (κ3) is 4.24. The van der Waals surface area contributed by atoms with E-state index in [-0.39, 0.29) is 29.8 Å².